The first kappa shape index (κ1) is 11.7. The van der Waals surface area contributed by atoms with Gasteiger partial charge in [-0.3, -0.25) is 4.98 Å². The second-order valence-corrected chi connectivity index (χ2v) is 3.78. The molecule has 2 rings (SSSR count). The number of aliphatic hydroxyl groups excluding tert-OH is 1. The van der Waals surface area contributed by atoms with Crippen molar-refractivity contribution in [1.29, 1.82) is 0 Å². The van der Waals surface area contributed by atoms with Gasteiger partial charge in [-0.1, -0.05) is 12.1 Å². The van der Waals surface area contributed by atoms with Crippen LogP contribution in [0.4, 0.5) is 8.78 Å². The molecule has 1 atom stereocenters. The van der Waals surface area contributed by atoms with Gasteiger partial charge in [-0.25, -0.2) is 8.78 Å². The summed E-state index contributed by atoms with van der Waals surface area (Å²) in [6.45, 7) is 1.76. The highest BCUT2D eigenvalue weighted by atomic mass is 19.2. The summed E-state index contributed by atoms with van der Waals surface area (Å²) in [6, 6.07) is 6.95. The number of aliphatic hydroxyl groups is 1. The highest BCUT2D eigenvalue weighted by molar-refractivity contribution is 5.31. The molecule has 0 amide bonds. The standard InChI is InChI=1S/C13H11F2NO/c1-8-7-9(5-6-16-8)13(17)10-3-2-4-11(14)12(10)15/h2-7,13,17H,1H3. The van der Waals surface area contributed by atoms with E-state index >= 15 is 0 Å². The van der Waals surface area contributed by atoms with Crippen LogP contribution in [0.5, 0.6) is 0 Å². The zero-order valence-corrected chi connectivity index (χ0v) is 9.19. The van der Waals surface area contributed by atoms with Crippen molar-refractivity contribution in [2.75, 3.05) is 0 Å². The molecule has 1 unspecified atom stereocenters. The quantitative estimate of drug-likeness (QED) is 0.868. The average molecular weight is 235 g/mol. The molecular formula is C13H11F2NO. The molecule has 4 heteroatoms. The van der Waals surface area contributed by atoms with Crippen molar-refractivity contribution in [2.45, 2.75) is 13.0 Å². The first-order valence-corrected chi connectivity index (χ1v) is 5.14. The molecule has 0 aliphatic rings. The predicted molar refractivity (Wildman–Crippen MR) is 59.4 cm³/mol. The Labute approximate surface area is 97.6 Å². The first-order valence-electron chi connectivity index (χ1n) is 5.14. The molecule has 0 aliphatic carbocycles. The average Bonchev–Trinajstić information content (AvgIpc) is 2.32. The maximum atomic E-state index is 13.5. The fraction of sp³-hybridized carbons (Fsp3) is 0.154. The molecule has 0 bridgehead atoms. The summed E-state index contributed by atoms with van der Waals surface area (Å²) in [5.41, 5.74) is 1.12. The Hall–Kier alpha value is -1.81. The highest BCUT2D eigenvalue weighted by Gasteiger charge is 2.17. The molecule has 1 aromatic carbocycles. The maximum absolute atomic E-state index is 13.5. The van der Waals surface area contributed by atoms with Gasteiger partial charge in [-0.05, 0) is 30.7 Å². The Balaban J connectivity index is 2.44. The fourth-order valence-corrected chi connectivity index (χ4v) is 1.65. The van der Waals surface area contributed by atoms with Gasteiger partial charge in [0, 0.05) is 17.5 Å². The summed E-state index contributed by atoms with van der Waals surface area (Å²) in [5, 5.41) is 9.99. The number of halogens is 2. The Morgan fingerprint density at radius 3 is 2.71 bits per heavy atom. The van der Waals surface area contributed by atoms with E-state index < -0.39 is 17.7 Å². The van der Waals surface area contributed by atoms with Crippen LogP contribution < -0.4 is 0 Å². The van der Waals surface area contributed by atoms with Crippen molar-refractivity contribution in [3.05, 3.63) is 65.0 Å². The predicted octanol–water partition coefficient (Wildman–Crippen LogP) is 2.75. The van der Waals surface area contributed by atoms with Gasteiger partial charge < -0.3 is 5.11 Å². The van der Waals surface area contributed by atoms with Crippen molar-refractivity contribution in [3.8, 4) is 0 Å². The monoisotopic (exact) mass is 235 g/mol. The van der Waals surface area contributed by atoms with Crippen LogP contribution in [-0.2, 0) is 0 Å². The number of hydrogen-bond acceptors (Lipinski definition) is 2. The lowest BCUT2D eigenvalue weighted by Crippen LogP contribution is -2.04. The van der Waals surface area contributed by atoms with E-state index in [-0.39, 0.29) is 5.56 Å². The van der Waals surface area contributed by atoms with Crippen LogP contribution in [0.25, 0.3) is 0 Å². The number of aryl methyl sites for hydroxylation is 1. The Bertz CT molecular complexity index is 543. The molecule has 1 N–H and O–H groups in total. The molecule has 17 heavy (non-hydrogen) atoms. The van der Waals surface area contributed by atoms with Crippen LogP contribution >= 0.6 is 0 Å². The van der Waals surface area contributed by atoms with Crippen molar-refractivity contribution in [2.24, 2.45) is 0 Å². The lowest BCUT2D eigenvalue weighted by Gasteiger charge is -2.12. The Morgan fingerprint density at radius 2 is 2.00 bits per heavy atom. The SMILES string of the molecule is Cc1cc(C(O)c2cccc(F)c2F)ccn1. The summed E-state index contributed by atoms with van der Waals surface area (Å²) in [4.78, 5) is 3.98. The van der Waals surface area contributed by atoms with Crippen molar-refractivity contribution in [1.82, 2.24) is 4.98 Å². The van der Waals surface area contributed by atoms with Gasteiger partial charge in [0.25, 0.3) is 0 Å². The number of pyridine rings is 1. The molecule has 0 saturated carbocycles. The van der Waals surface area contributed by atoms with E-state index in [1.807, 2.05) is 0 Å². The number of benzene rings is 1. The normalized spacial score (nSPS) is 12.5. The zero-order chi connectivity index (χ0) is 12.4. The maximum Gasteiger partial charge on any atom is 0.164 e. The number of aromatic nitrogens is 1. The molecule has 0 aliphatic heterocycles. The Kier molecular flexibility index (Phi) is 3.15. The largest absolute Gasteiger partial charge is 0.384 e. The van der Waals surface area contributed by atoms with E-state index in [1.165, 1.54) is 18.3 Å². The van der Waals surface area contributed by atoms with Crippen LogP contribution in [0.1, 0.15) is 22.9 Å². The zero-order valence-electron chi connectivity index (χ0n) is 9.19. The molecule has 88 valence electrons. The highest BCUT2D eigenvalue weighted by Crippen LogP contribution is 2.25. The van der Waals surface area contributed by atoms with E-state index in [1.54, 1.807) is 19.1 Å². The third-order valence-electron chi connectivity index (χ3n) is 2.51. The van der Waals surface area contributed by atoms with Crippen LogP contribution in [0.15, 0.2) is 36.5 Å². The van der Waals surface area contributed by atoms with Crippen molar-refractivity contribution in [3.63, 3.8) is 0 Å². The van der Waals surface area contributed by atoms with E-state index in [2.05, 4.69) is 4.98 Å². The minimum absolute atomic E-state index is 0.0735. The summed E-state index contributed by atoms with van der Waals surface area (Å²) in [5.74, 6) is -1.98. The lowest BCUT2D eigenvalue weighted by molar-refractivity contribution is 0.213. The minimum atomic E-state index is -1.19. The van der Waals surface area contributed by atoms with Crippen molar-refractivity contribution >= 4 is 0 Å². The molecule has 0 spiro atoms. The van der Waals surface area contributed by atoms with Gasteiger partial charge in [0.2, 0.25) is 0 Å². The summed E-state index contributed by atoms with van der Waals surface area (Å²) in [7, 11) is 0. The number of nitrogens with zero attached hydrogens (tertiary/aromatic N) is 1. The lowest BCUT2D eigenvalue weighted by atomic mass is 10.0. The molecule has 1 aromatic heterocycles. The van der Waals surface area contributed by atoms with Crippen molar-refractivity contribution < 1.29 is 13.9 Å². The second kappa shape index (κ2) is 4.59. The van der Waals surface area contributed by atoms with E-state index in [4.69, 9.17) is 0 Å². The van der Waals surface area contributed by atoms with Crippen LogP contribution in [0.3, 0.4) is 0 Å². The summed E-state index contributed by atoms with van der Waals surface area (Å²) >= 11 is 0. The third-order valence-corrected chi connectivity index (χ3v) is 2.51. The third kappa shape index (κ3) is 2.31. The molecule has 2 nitrogen and oxygen atoms in total. The van der Waals surface area contributed by atoms with Gasteiger partial charge in [-0.15, -0.1) is 0 Å². The number of rotatable bonds is 2. The number of hydrogen-bond donors (Lipinski definition) is 1. The van der Waals surface area contributed by atoms with E-state index in [0.29, 0.717) is 11.3 Å². The van der Waals surface area contributed by atoms with Gasteiger partial charge in [0.1, 0.15) is 6.10 Å². The summed E-state index contributed by atoms with van der Waals surface area (Å²) < 4.78 is 26.5. The molecule has 0 fully saturated rings. The van der Waals surface area contributed by atoms with Gasteiger partial charge in [-0.2, -0.15) is 0 Å². The second-order valence-electron chi connectivity index (χ2n) is 3.78. The van der Waals surface area contributed by atoms with Gasteiger partial charge in [0.05, 0.1) is 0 Å². The molecule has 2 aromatic rings. The van der Waals surface area contributed by atoms with Gasteiger partial charge >= 0.3 is 0 Å². The first-order chi connectivity index (χ1) is 8.09. The van der Waals surface area contributed by atoms with Crippen LogP contribution in [0.2, 0.25) is 0 Å². The molecule has 0 radical (unpaired) electrons. The van der Waals surface area contributed by atoms with Gasteiger partial charge in [0.15, 0.2) is 11.6 Å². The summed E-state index contributed by atoms with van der Waals surface area (Å²) in [6.07, 6.45) is 0.331. The molecular weight excluding hydrogens is 224 g/mol. The topological polar surface area (TPSA) is 33.1 Å². The van der Waals surface area contributed by atoms with E-state index in [9.17, 15) is 13.9 Å². The smallest absolute Gasteiger partial charge is 0.164 e. The molecule has 0 saturated heterocycles. The van der Waals surface area contributed by atoms with E-state index in [0.717, 1.165) is 6.07 Å². The molecule has 1 heterocycles. The minimum Gasteiger partial charge on any atom is -0.384 e. The van der Waals surface area contributed by atoms with Crippen LogP contribution in [0, 0.1) is 18.6 Å². The van der Waals surface area contributed by atoms with Crippen LogP contribution in [-0.4, -0.2) is 10.1 Å². The fourth-order valence-electron chi connectivity index (χ4n) is 1.65. The Morgan fingerprint density at radius 1 is 1.24 bits per heavy atom.